The molecule has 2 aromatic carbocycles. The molecule has 0 aliphatic rings. The van der Waals surface area contributed by atoms with Crippen LogP contribution in [-0.4, -0.2) is 37.9 Å². The number of anilines is 2. The highest BCUT2D eigenvalue weighted by Crippen LogP contribution is 2.22. The molecule has 7 nitrogen and oxygen atoms in total. The summed E-state index contributed by atoms with van der Waals surface area (Å²) in [5.41, 5.74) is 1.73. The Labute approximate surface area is 163 Å². The molecule has 0 fully saturated rings. The van der Waals surface area contributed by atoms with Crippen molar-refractivity contribution < 1.29 is 18.0 Å². The Morgan fingerprint density at radius 2 is 1.79 bits per heavy atom. The number of nitrogens with one attached hydrogen (secondary N) is 1. The lowest BCUT2D eigenvalue weighted by Gasteiger charge is -2.22. The van der Waals surface area contributed by atoms with Crippen molar-refractivity contribution in [3.05, 3.63) is 66.4 Å². The van der Waals surface area contributed by atoms with Gasteiger partial charge in [0.1, 0.15) is 6.54 Å². The maximum Gasteiger partial charge on any atom is 0.245 e. The molecule has 1 N–H and O–H groups in total. The standard InChI is InChI=1S/C20H19N3O4S/c1-14(24)16-7-3-9-17(12-16)23(28(2,26)27)13-19(25)22-18-10-4-6-15-8-5-11-21-20(15)18/h3-12H,13H2,1-2H3,(H,22,25). The van der Waals surface area contributed by atoms with E-state index >= 15 is 0 Å². The number of sulfonamides is 1. The average Bonchev–Trinajstić information content (AvgIpc) is 2.65. The summed E-state index contributed by atoms with van der Waals surface area (Å²) >= 11 is 0. The molecule has 1 heterocycles. The predicted molar refractivity (Wildman–Crippen MR) is 109 cm³/mol. The van der Waals surface area contributed by atoms with E-state index < -0.39 is 22.5 Å². The molecule has 0 radical (unpaired) electrons. The van der Waals surface area contributed by atoms with Crippen LogP contribution in [0.2, 0.25) is 0 Å². The Bertz CT molecular complexity index is 1150. The van der Waals surface area contributed by atoms with Gasteiger partial charge in [-0.1, -0.05) is 30.3 Å². The van der Waals surface area contributed by atoms with Crippen molar-refractivity contribution in [1.82, 2.24) is 4.98 Å². The van der Waals surface area contributed by atoms with Crippen LogP contribution < -0.4 is 9.62 Å². The maximum absolute atomic E-state index is 12.6. The zero-order chi connectivity index (χ0) is 20.3. The van der Waals surface area contributed by atoms with Gasteiger partial charge in [0, 0.05) is 17.1 Å². The van der Waals surface area contributed by atoms with Gasteiger partial charge in [-0.2, -0.15) is 0 Å². The van der Waals surface area contributed by atoms with Crippen LogP contribution >= 0.6 is 0 Å². The molecule has 0 bridgehead atoms. The van der Waals surface area contributed by atoms with Crippen molar-refractivity contribution in [1.29, 1.82) is 0 Å². The van der Waals surface area contributed by atoms with Crippen molar-refractivity contribution in [2.24, 2.45) is 0 Å². The molecule has 8 heteroatoms. The maximum atomic E-state index is 12.6. The van der Waals surface area contributed by atoms with E-state index in [9.17, 15) is 18.0 Å². The highest BCUT2D eigenvalue weighted by atomic mass is 32.2. The van der Waals surface area contributed by atoms with Crippen molar-refractivity contribution >= 4 is 44.0 Å². The molecule has 0 unspecified atom stereocenters. The third-order valence-corrected chi connectivity index (χ3v) is 5.28. The lowest BCUT2D eigenvalue weighted by Crippen LogP contribution is -2.37. The van der Waals surface area contributed by atoms with Crippen LogP contribution in [0.3, 0.4) is 0 Å². The van der Waals surface area contributed by atoms with Gasteiger partial charge in [-0.25, -0.2) is 8.42 Å². The van der Waals surface area contributed by atoms with Gasteiger partial charge in [-0.15, -0.1) is 0 Å². The van der Waals surface area contributed by atoms with Crippen molar-refractivity contribution in [3.63, 3.8) is 0 Å². The molecule has 3 rings (SSSR count). The van der Waals surface area contributed by atoms with E-state index in [4.69, 9.17) is 0 Å². The molecule has 1 amide bonds. The van der Waals surface area contributed by atoms with Gasteiger partial charge in [0.25, 0.3) is 0 Å². The molecule has 0 aliphatic heterocycles. The van der Waals surface area contributed by atoms with Gasteiger partial charge in [0.05, 0.1) is 23.1 Å². The van der Waals surface area contributed by atoms with Crippen LogP contribution in [-0.2, 0) is 14.8 Å². The molecular formula is C20H19N3O4S. The molecule has 0 aliphatic carbocycles. The first-order chi connectivity index (χ1) is 13.3. The first-order valence-electron chi connectivity index (χ1n) is 8.48. The van der Waals surface area contributed by atoms with Crippen molar-refractivity contribution in [3.8, 4) is 0 Å². The zero-order valence-electron chi connectivity index (χ0n) is 15.4. The van der Waals surface area contributed by atoms with Crippen molar-refractivity contribution in [2.45, 2.75) is 6.92 Å². The predicted octanol–water partition coefficient (Wildman–Crippen LogP) is 2.84. The topological polar surface area (TPSA) is 96.4 Å². The Kier molecular flexibility index (Phi) is 5.41. The third-order valence-electron chi connectivity index (χ3n) is 4.14. The van der Waals surface area contributed by atoms with E-state index in [2.05, 4.69) is 10.3 Å². The first-order valence-corrected chi connectivity index (χ1v) is 10.3. The fraction of sp³-hybridized carbons (Fsp3) is 0.150. The molecule has 0 saturated heterocycles. The average molecular weight is 397 g/mol. The van der Waals surface area contributed by atoms with Crippen LogP contribution in [0, 0.1) is 0 Å². The minimum absolute atomic E-state index is 0.193. The molecule has 28 heavy (non-hydrogen) atoms. The number of amides is 1. The lowest BCUT2D eigenvalue weighted by molar-refractivity contribution is -0.114. The Balaban J connectivity index is 1.88. The number of aromatic nitrogens is 1. The number of carbonyl (C=O) groups is 2. The first kappa shape index (κ1) is 19.5. The number of Topliss-reactive ketones (excluding diaryl/α,β-unsaturated/α-hetero) is 1. The normalized spacial score (nSPS) is 11.2. The summed E-state index contributed by atoms with van der Waals surface area (Å²) in [6.45, 7) is 0.966. The Hall–Kier alpha value is -3.26. The Morgan fingerprint density at radius 3 is 2.50 bits per heavy atom. The number of ketones is 1. The number of hydrogen-bond donors (Lipinski definition) is 1. The highest BCUT2D eigenvalue weighted by molar-refractivity contribution is 7.92. The van der Waals surface area contributed by atoms with Gasteiger partial charge in [0.15, 0.2) is 5.78 Å². The zero-order valence-corrected chi connectivity index (χ0v) is 16.2. The van der Waals surface area contributed by atoms with Crippen molar-refractivity contribution in [2.75, 3.05) is 22.4 Å². The second-order valence-electron chi connectivity index (χ2n) is 6.31. The summed E-state index contributed by atoms with van der Waals surface area (Å²) < 4.78 is 25.5. The minimum atomic E-state index is -3.74. The number of rotatable bonds is 6. The fourth-order valence-corrected chi connectivity index (χ4v) is 3.65. The van der Waals surface area contributed by atoms with Crippen LogP contribution in [0.25, 0.3) is 10.9 Å². The summed E-state index contributed by atoms with van der Waals surface area (Å²) in [7, 11) is -3.74. The summed E-state index contributed by atoms with van der Waals surface area (Å²) in [4.78, 5) is 28.5. The monoisotopic (exact) mass is 397 g/mol. The van der Waals surface area contributed by atoms with Crippen LogP contribution in [0.4, 0.5) is 11.4 Å². The summed E-state index contributed by atoms with van der Waals surface area (Å²) in [6, 6.07) is 15.2. The number of nitrogens with zero attached hydrogens (tertiary/aromatic N) is 2. The van der Waals surface area contributed by atoms with E-state index in [1.54, 1.807) is 42.6 Å². The minimum Gasteiger partial charge on any atom is -0.323 e. The highest BCUT2D eigenvalue weighted by Gasteiger charge is 2.22. The van der Waals surface area contributed by atoms with E-state index in [0.29, 0.717) is 16.8 Å². The van der Waals surface area contributed by atoms with E-state index in [1.165, 1.54) is 13.0 Å². The lowest BCUT2D eigenvalue weighted by atomic mass is 10.1. The number of hydrogen-bond acceptors (Lipinski definition) is 5. The van der Waals surface area contributed by atoms with Gasteiger partial charge < -0.3 is 5.32 Å². The number of para-hydroxylation sites is 1. The second kappa shape index (κ2) is 7.77. The fourth-order valence-electron chi connectivity index (χ4n) is 2.81. The third kappa shape index (κ3) is 4.34. The van der Waals surface area contributed by atoms with Crippen LogP contribution in [0.5, 0.6) is 0 Å². The molecule has 144 valence electrons. The summed E-state index contributed by atoms with van der Waals surface area (Å²) in [5, 5.41) is 3.58. The van der Waals surface area contributed by atoms with Crippen LogP contribution in [0.1, 0.15) is 17.3 Å². The molecule has 3 aromatic rings. The molecule has 0 saturated carbocycles. The molecule has 1 aromatic heterocycles. The van der Waals surface area contributed by atoms with Gasteiger partial charge in [-0.3, -0.25) is 18.9 Å². The largest absolute Gasteiger partial charge is 0.323 e. The van der Waals surface area contributed by atoms with E-state index in [1.807, 2.05) is 12.1 Å². The van der Waals surface area contributed by atoms with Gasteiger partial charge >= 0.3 is 0 Å². The van der Waals surface area contributed by atoms with Gasteiger partial charge in [0.2, 0.25) is 15.9 Å². The smallest absolute Gasteiger partial charge is 0.245 e. The number of benzene rings is 2. The second-order valence-corrected chi connectivity index (χ2v) is 8.21. The van der Waals surface area contributed by atoms with Crippen LogP contribution in [0.15, 0.2) is 60.8 Å². The quantitative estimate of drug-likeness (QED) is 0.645. The summed E-state index contributed by atoms with van der Waals surface area (Å²) in [5.74, 6) is -0.710. The molecule has 0 atom stereocenters. The number of fused-ring (bicyclic) bond motifs is 1. The Morgan fingerprint density at radius 1 is 1.07 bits per heavy atom. The van der Waals surface area contributed by atoms with E-state index in [-0.39, 0.29) is 11.5 Å². The number of pyridine rings is 1. The van der Waals surface area contributed by atoms with Gasteiger partial charge in [-0.05, 0) is 31.2 Å². The van der Waals surface area contributed by atoms with E-state index in [0.717, 1.165) is 15.9 Å². The number of carbonyl (C=O) groups excluding carboxylic acids is 2. The molecule has 0 spiro atoms. The summed E-state index contributed by atoms with van der Waals surface area (Å²) in [6.07, 6.45) is 2.63. The SMILES string of the molecule is CC(=O)c1cccc(N(CC(=O)Nc2cccc3cccnc23)S(C)(=O)=O)c1. The molecular weight excluding hydrogens is 378 g/mol.